The number of fused-ring (bicyclic) bond motifs is 1. The second-order valence-electron chi connectivity index (χ2n) is 4.86. The number of methoxy groups -OCH3 is 1. The van der Waals surface area contributed by atoms with Crippen LogP contribution in [0.25, 0.3) is 22.3 Å². The average molecular weight is 442 g/mol. The van der Waals surface area contributed by atoms with Gasteiger partial charge in [0.25, 0.3) is 0 Å². The largest absolute Gasteiger partial charge is 0.465 e. The molecule has 0 aliphatic carbocycles. The van der Waals surface area contributed by atoms with Gasteiger partial charge < -0.3 is 9.15 Å². The van der Waals surface area contributed by atoms with Crippen LogP contribution >= 0.6 is 31.9 Å². The van der Waals surface area contributed by atoms with Gasteiger partial charge in [0, 0.05) is 16.3 Å². The number of benzene rings is 2. The van der Waals surface area contributed by atoms with Gasteiger partial charge in [-0.1, -0.05) is 34.1 Å². The molecule has 3 rings (SSSR count). The standard InChI is InChI=1S/C17H11Br2FO3/c1-22-17(21)14-10(3-2-4-12(14)20)16-15(19)11-7-9(8-18)5-6-13(11)23-16/h2-7H,8H2,1H3. The van der Waals surface area contributed by atoms with Crippen LogP contribution in [-0.4, -0.2) is 13.1 Å². The maximum Gasteiger partial charge on any atom is 0.341 e. The van der Waals surface area contributed by atoms with Crippen molar-refractivity contribution in [2.45, 2.75) is 5.33 Å². The van der Waals surface area contributed by atoms with E-state index in [0.717, 1.165) is 10.9 Å². The SMILES string of the molecule is COC(=O)c1c(F)cccc1-c1oc2ccc(CBr)cc2c1Br. The first kappa shape index (κ1) is 16.2. The molecule has 3 aromatic rings. The van der Waals surface area contributed by atoms with Crippen LogP contribution in [0.1, 0.15) is 15.9 Å². The summed E-state index contributed by atoms with van der Waals surface area (Å²) in [6.07, 6.45) is 0. The number of alkyl halides is 1. The Morgan fingerprint density at radius 1 is 1.30 bits per heavy atom. The van der Waals surface area contributed by atoms with Gasteiger partial charge in [0.2, 0.25) is 0 Å². The summed E-state index contributed by atoms with van der Waals surface area (Å²) in [6.45, 7) is 0. The molecule has 0 unspecified atom stereocenters. The summed E-state index contributed by atoms with van der Waals surface area (Å²) in [5.74, 6) is -0.999. The number of rotatable bonds is 3. The highest BCUT2D eigenvalue weighted by Gasteiger charge is 2.23. The molecule has 0 amide bonds. The number of carbonyl (C=O) groups is 1. The van der Waals surface area contributed by atoms with Crippen molar-refractivity contribution in [3.63, 3.8) is 0 Å². The first-order valence-corrected chi connectivity index (χ1v) is 8.62. The Labute approximate surface area is 148 Å². The van der Waals surface area contributed by atoms with Crippen molar-refractivity contribution >= 4 is 48.8 Å². The van der Waals surface area contributed by atoms with E-state index in [1.165, 1.54) is 19.2 Å². The van der Waals surface area contributed by atoms with Crippen LogP contribution < -0.4 is 0 Å². The Morgan fingerprint density at radius 3 is 2.78 bits per heavy atom. The molecule has 0 fully saturated rings. The third kappa shape index (κ3) is 2.81. The van der Waals surface area contributed by atoms with E-state index >= 15 is 0 Å². The van der Waals surface area contributed by atoms with E-state index in [0.29, 0.717) is 26.7 Å². The van der Waals surface area contributed by atoms with E-state index in [2.05, 4.69) is 36.6 Å². The number of hydrogen-bond acceptors (Lipinski definition) is 3. The minimum atomic E-state index is -0.744. The van der Waals surface area contributed by atoms with Gasteiger partial charge in [-0.15, -0.1) is 0 Å². The van der Waals surface area contributed by atoms with Crippen molar-refractivity contribution in [2.75, 3.05) is 7.11 Å². The third-order valence-corrected chi connectivity index (χ3v) is 4.93. The van der Waals surface area contributed by atoms with E-state index in [1.807, 2.05) is 18.2 Å². The molecule has 6 heteroatoms. The van der Waals surface area contributed by atoms with Crippen molar-refractivity contribution in [3.8, 4) is 11.3 Å². The number of furan rings is 1. The summed E-state index contributed by atoms with van der Waals surface area (Å²) in [5, 5.41) is 1.57. The molecule has 3 nitrogen and oxygen atoms in total. The van der Waals surface area contributed by atoms with Crippen molar-refractivity contribution in [1.29, 1.82) is 0 Å². The molecule has 0 saturated heterocycles. The molecule has 118 valence electrons. The molecule has 2 aromatic carbocycles. The first-order valence-electron chi connectivity index (χ1n) is 6.71. The number of hydrogen-bond donors (Lipinski definition) is 0. The van der Waals surface area contributed by atoms with E-state index in [1.54, 1.807) is 6.07 Å². The van der Waals surface area contributed by atoms with E-state index in [-0.39, 0.29) is 5.56 Å². The zero-order valence-electron chi connectivity index (χ0n) is 12.0. The molecule has 1 heterocycles. The highest BCUT2D eigenvalue weighted by Crippen LogP contribution is 2.40. The van der Waals surface area contributed by atoms with Crippen molar-refractivity contribution in [2.24, 2.45) is 0 Å². The van der Waals surface area contributed by atoms with E-state index in [4.69, 9.17) is 4.42 Å². The lowest BCUT2D eigenvalue weighted by molar-refractivity contribution is 0.0596. The van der Waals surface area contributed by atoms with Gasteiger partial charge in [0.15, 0.2) is 5.76 Å². The maximum atomic E-state index is 14.1. The van der Waals surface area contributed by atoms with Gasteiger partial charge in [0.05, 0.1) is 11.6 Å². The van der Waals surface area contributed by atoms with Crippen LogP contribution in [0.4, 0.5) is 4.39 Å². The van der Waals surface area contributed by atoms with Crippen molar-refractivity contribution in [3.05, 3.63) is 57.8 Å². The Morgan fingerprint density at radius 2 is 2.09 bits per heavy atom. The Bertz CT molecular complexity index is 902. The molecule has 0 bridgehead atoms. The van der Waals surface area contributed by atoms with Crippen LogP contribution in [0.15, 0.2) is 45.3 Å². The Hall–Kier alpha value is -1.66. The lowest BCUT2D eigenvalue weighted by atomic mass is 10.0. The van der Waals surface area contributed by atoms with Gasteiger partial charge >= 0.3 is 5.97 Å². The highest BCUT2D eigenvalue weighted by molar-refractivity contribution is 9.10. The zero-order chi connectivity index (χ0) is 16.6. The Balaban J connectivity index is 2.27. The second-order valence-corrected chi connectivity index (χ2v) is 6.22. The lowest BCUT2D eigenvalue weighted by Gasteiger charge is -2.07. The lowest BCUT2D eigenvalue weighted by Crippen LogP contribution is -2.06. The first-order chi connectivity index (χ1) is 11.1. The van der Waals surface area contributed by atoms with Crippen LogP contribution in [0, 0.1) is 5.82 Å². The summed E-state index contributed by atoms with van der Waals surface area (Å²) in [6, 6.07) is 10.1. The van der Waals surface area contributed by atoms with Crippen LogP contribution in [0.5, 0.6) is 0 Å². The molecule has 0 spiro atoms. The molecule has 0 saturated carbocycles. The monoisotopic (exact) mass is 440 g/mol. The molecule has 1 aromatic heterocycles. The van der Waals surface area contributed by atoms with Gasteiger partial charge in [-0.25, -0.2) is 9.18 Å². The summed E-state index contributed by atoms with van der Waals surface area (Å²) in [7, 11) is 1.22. The quantitative estimate of drug-likeness (QED) is 0.387. The number of halogens is 3. The Kier molecular flexibility index (Phi) is 4.55. The smallest absolute Gasteiger partial charge is 0.341 e. The number of carbonyl (C=O) groups excluding carboxylic acids is 1. The van der Waals surface area contributed by atoms with Gasteiger partial charge in [-0.05, 0) is 39.7 Å². The summed E-state index contributed by atoms with van der Waals surface area (Å²) < 4.78 is 25.3. The highest BCUT2D eigenvalue weighted by atomic mass is 79.9. The average Bonchev–Trinajstić information content (AvgIpc) is 2.90. The zero-order valence-corrected chi connectivity index (χ0v) is 15.2. The van der Waals surface area contributed by atoms with Crippen molar-refractivity contribution in [1.82, 2.24) is 0 Å². The van der Waals surface area contributed by atoms with Gasteiger partial charge in [-0.3, -0.25) is 0 Å². The molecule has 0 aliphatic rings. The van der Waals surface area contributed by atoms with Crippen LogP contribution in [0.3, 0.4) is 0 Å². The van der Waals surface area contributed by atoms with Gasteiger partial charge in [0.1, 0.15) is 17.0 Å². The summed E-state index contributed by atoms with van der Waals surface area (Å²) in [4.78, 5) is 11.9. The molecular weight excluding hydrogens is 431 g/mol. The molecule has 0 N–H and O–H groups in total. The molecule has 23 heavy (non-hydrogen) atoms. The minimum absolute atomic E-state index is 0.143. The fourth-order valence-electron chi connectivity index (χ4n) is 2.39. The van der Waals surface area contributed by atoms with Crippen LogP contribution in [0.2, 0.25) is 0 Å². The topological polar surface area (TPSA) is 39.4 Å². The number of ether oxygens (including phenoxy) is 1. The maximum absolute atomic E-state index is 14.1. The second kappa shape index (κ2) is 6.45. The fraction of sp³-hybridized carbons (Fsp3) is 0.118. The molecule has 0 atom stereocenters. The molecular formula is C17H11Br2FO3. The van der Waals surface area contributed by atoms with Gasteiger partial charge in [-0.2, -0.15) is 0 Å². The predicted octanol–water partition coefficient (Wildman–Crippen LogP) is 5.68. The third-order valence-electron chi connectivity index (χ3n) is 3.49. The van der Waals surface area contributed by atoms with E-state index < -0.39 is 11.8 Å². The predicted molar refractivity (Wildman–Crippen MR) is 93.3 cm³/mol. The minimum Gasteiger partial charge on any atom is -0.465 e. The normalized spacial score (nSPS) is 11.0. The molecule has 0 radical (unpaired) electrons. The van der Waals surface area contributed by atoms with E-state index in [9.17, 15) is 9.18 Å². The number of esters is 1. The fourth-order valence-corrected chi connectivity index (χ4v) is 3.35. The summed E-state index contributed by atoms with van der Waals surface area (Å²) in [5.41, 5.74) is 1.94. The summed E-state index contributed by atoms with van der Waals surface area (Å²) >= 11 is 6.91. The van der Waals surface area contributed by atoms with Crippen LogP contribution in [-0.2, 0) is 10.1 Å². The molecule has 0 aliphatic heterocycles. The van der Waals surface area contributed by atoms with Crippen molar-refractivity contribution < 1.29 is 18.3 Å².